The van der Waals surface area contributed by atoms with E-state index in [1.54, 1.807) is 0 Å². The van der Waals surface area contributed by atoms with E-state index in [2.05, 4.69) is 47.1 Å². The zero-order valence-corrected chi connectivity index (χ0v) is 13.0. The lowest BCUT2D eigenvalue weighted by atomic mass is 10.0. The second-order valence-corrected chi connectivity index (χ2v) is 6.36. The molecule has 0 fully saturated rings. The molecule has 0 aromatic heterocycles. The molecule has 1 unspecified atom stereocenters. The second kappa shape index (κ2) is 6.98. The highest BCUT2D eigenvalue weighted by Crippen LogP contribution is 2.19. The van der Waals surface area contributed by atoms with Crippen molar-refractivity contribution in [3.05, 3.63) is 70.8 Å². The van der Waals surface area contributed by atoms with Gasteiger partial charge in [-0.25, -0.2) is 8.78 Å². The normalized spacial score (nSPS) is 12.4. The Labute approximate surface area is 127 Å². The van der Waals surface area contributed by atoms with Gasteiger partial charge in [0.2, 0.25) is 0 Å². The van der Waals surface area contributed by atoms with E-state index in [-0.39, 0.29) is 4.83 Å². The van der Waals surface area contributed by atoms with Gasteiger partial charge in [0.15, 0.2) is 0 Å². The Kier molecular flexibility index (Phi) is 5.30. The molecule has 0 nitrogen and oxygen atoms in total. The van der Waals surface area contributed by atoms with E-state index in [0.29, 0.717) is 12.0 Å². The molecule has 0 aliphatic heterocycles. The van der Waals surface area contributed by atoms with Crippen LogP contribution in [0, 0.1) is 18.6 Å². The fourth-order valence-electron chi connectivity index (χ4n) is 2.11. The van der Waals surface area contributed by atoms with E-state index in [1.807, 2.05) is 0 Å². The molecule has 2 aromatic rings. The summed E-state index contributed by atoms with van der Waals surface area (Å²) in [4.78, 5) is 0.184. The van der Waals surface area contributed by atoms with Crippen molar-refractivity contribution in [2.45, 2.75) is 31.0 Å². The van der Waals surface area contributed by atoms with Crippen molar-refractivity contribution >= 4 is 15.9 Å². The lowest BCUT2D eigenvalue weighted by Gasteiger charge is -2.11. The van der Waals surface area contributed by atoms with Crippen molar-refractivity contribution in [2.24, 2.45) is 0 Å². The zero-order chi connectivity index (χ0) is 14.5. The van der Waals surface area contributed by atoms with Crippen molar-refractivity contribution in [3.63, 3.8) is 0 Å². The number of hydrogen-bond donors (Lipinski definition) is 0. The summed E-state index contributed by atoms with van der Waals surface area (Å²) in [6.07, 6.45) is 2.43. The number of alkyl halides is 1. The fraction of sp³-hybridized carbons (Fsp3) is 0.294. The highest BCUT2D eigenvalue weighted by Gasteiger charge is 2.10. The Bertz CT molecular complexity index is 564. The number of rotatable bonds is 5. The first kappa shape index (κ1) is 15.2. The lowest BCUT2D eigenvalue weighted by molar-refractivity contribution is 0.569. The van der Waals surface area contributed by atoms with Crippen LogP contribution in [-0.4, -0.2) is 4.83 Å². The third kappa shape index (κ3) is 4.41. The average Bonchev–Trinajstić information content (AvgIpc) is 2.41. The standard InChI is InChI=1S/C17H17BrF2/c1-12-2-4-13(5-3-12)6-8-15(18)10-14-7-9-16(19)11-17(14)20/h2-5,7,9,11,15H,6,8,10H2,1H3. The SMILES string of the molecule is Cc1ccc(CCC(Br)Cc2ccc(F)cc2F)cc1. The maximum atomic E-state index is 13.6. The van der Waals surface area contributed by atoms with E-state index < -0.39 is 11.6 Å². The van der Waals surface area contributed by atoms with E-state index in [0.717, 1.165) is 18.9 Å². The van der Waals surface area contributed by atoms with Gasteiger partial charge in [-0.15, -0.1) is 0 Å². The van der Waals surface area contributed by atoms with Gasteiger partial charge in [0.25, 0.3) is 0 Å². The van der Waals surface area contributed by atoms with Crippen LogP contribution in [0.25, 0.3) is 0 Å². The Morgan fingerprint density at radius 2 is 1.75 bits per heavy atom. The molecule has 0 radical (unpaired) electrons. The van der Waals surface area contributed by atoms with Gasteiger partial charge in [0.05, 0.1) is 0 Å². The smallest absolute Gasteiger partial charge is 0.129 e. The van der Waals surface area contributed by atoms with E-state index >= 15 is 0 Å². The lowest BCUT2D eigenvalue weighted by Crippen LogP contribution is -2.06. The highest BCUT2D eigenvalue weighted by molar-refractivity contribution is 9.09. The monoisotopic (exact) mass is 338 g/mol. The number of benzene rings is 2. The largest absolute Gasteiger partial charge is 0.207 e. The fourth-order valence-corrected chi connectivity index (χ4v) is 2.68. The van der Waals surface area contributed by atoms with Gasteiger partial charge in [-0.2, -0.15) is 0 Å². The van der Waals surface area contributed by atoms with Crippen molar-refractivity contribution in [2.75, 3.05) is 0 Å². The molecular formula is C17H17BrF2. The first-order chi connectivity index (χ1) is 9.54. The quantitative estimate of drug-likeness (QED) is 0.656. The summed E-state index contributed by atoms with van der Waals surface area (Å²) in [5.74, 6) is -0.998. The molecule has 2 rings (SSSR count). The van der Waals surface area contributed by atoms with Crippen LogP contribution >= 0.6 is 15.9 Å². The number of aryl methyl sites for hydroxylation is 2. The predicted molar refractivity (Wildman–Crippen MR) is 82.3 cm³/mol. The maximum Gasteiger partial charge on any atom is 0.129 e. The molecular weight excluding hydrogens is 322 g/mol. The molecule has 0 heterocycles. The van der Waals surface area contributed by atoms with Gasteiger partial charge >= 0.3 is 0 Å². The highest BCUT2D eigenvalue weighted by atomic mass is 79.9. The van der Waals surface area contributed by atoms with E-state index in [9.17, 15) is 8.78 Å². The van der Waals surface area contributed by atoms with E-state index in [4.69, 9.17) is 0 Å². The summed E-state index contributed by atoms with van der Waals surface area (Å²) in [6.45, 7) is 2.06. The van der Waals surface area contributed by atoms with Crippen LogP contribution in [0.2, 0.25) is 0 Å². The summed E-state index contributed by atoms with van der Waals surface area (Å²) in [5, 5.41) is 0. The van der Waals surface area contributed by atoms with Crippen molar-refractivity contribution in [1.29, 1.82) is 0 Å². The molecule has 1 atom stereocenters. The number of hydrogen-bond acceptors (Lipinski definition) is 0. The molecule has 0 bridgehead atoms. The Morgan fingerprint density at radius 3 is 2.40 bits per heavy atom. The summed E-state index contributed by atoms with van der Waals surface area (Å²) in [6, 6.07) is 12.2. The van der Waals surface area contributed by atoms with Crippen LogP contribution in [0.3, 0.4) is 0 Å². The minimum absolute atomic E-state index is 0.184. The van der Waals surface area contributed by atoms with E-state index in [1.165, 1.54) is 23.3 Å². The summed E-state index contributed by atoms with van der Waals surface area (Å²) in [5.41, 5.74) is 3.08. The molecule has 0 amide bonds. The van der Waals surface area contributed by atoms with Crippen LogP contribution in [0.4, 0.5) is 8.78 Å². The topological polar surface area (TPSA) is 0 Å². The molecule has 0 spiro atoms. The molecule has 0 aliphatic rings. The summed E-state index contributed by atoms with van der Waals surface area (Å²) < 4.78 is 26.4. The molecule has 106 valence electrons. The first-order valence-corrected chi connectivity index (χ1v) is 7.59. The van der Waals surface area contributed by atoms with Crippen molar-refractivity contribution in [3.8, 4) is 0 Å². The van der Waals surface area contributed by atoms with Gasteiger partial charge in [-0.3, -0.25) is 0 Å². The van der Waals surface area contributed by atoms with Gasteiger partial charge in [-0.1, -0.05) is 51.8 Å². The van der Waals surface area contributed by atoms with Gasteiger partial charge in [0.1, 0.15) is 11.6 Å². The predicted octanol–water partition coefficient (Wildman–Crippen LogP) is 5.21. The summed E-state index contributed by atoms with van der Waals surface area (Å²) in [7, 11) is 0. The second-order valence-electron chi connectivity index (χ2n) is 5.06. The first-order valence-electron chi connectivity index (χ1n) is 6.68. The minimum atomic E-state index is -0.531. The van der Waals surface area contributed by atoms with Crippen LogP contribution in [-0.2, 0) is 12.8 Å². The molecule has 0 N–H and O–H groups in total. The maximum absolute atomic E-state index is 13.6. The van der Waals surface area contributed by atoms with Crippen LogP contribution < -0.4 is 0 Å². The third-order valence-electron chi connectivity index (χ3n) is 3.32. The number of halogens is 3. The van der Waals surface area contributed by atoms with Crippen molar-refractivity contribution in [1.82, 2.24) is 0 Å². The Balaban J connectivity index is 1.89. The zero-order valence-electron chi connectivity index (χ0n) is 11.4. The van der Waals surface area contributed by atoms with Gasteiger partial charge in [-0.05, 0) is 43.4 Å². The van der Waals surface area contributed by atoms with Crippen LogP contribution in [0.5, 0.6) is 0 Å². The van der Waals surface area contributed by atoms with Crippen molar-refractivity contribution < 1.29 is 8.78 Å². The average molecular weight is 339 g/mol. The molecule has 20 heavy (non-hydrogen) atoms. The Hall–Kier alpha value is -1.22. The molecule has 0 saturated heterocycles. The molecule has 2 aromatic carbocycles. The third-order valence-corrected chi connectivity index (χ3v) is 4.10. The molecule has 0 aliphatic carbocycles. The summed E-state index contributed by atoms with van der Waals surface area (Å²) >= 11 is 3.58. The molecule has 0 saturated carbocycles. The van der Waals surface area contributed by atoms with Crippen LogP contribution in [0.15, 0.2) is 42.5 Å². The Morgan fingerprint density at radius 1 is 1.05 bits per heavy atom. The minimum Gasteiger partial charge on any atom is -0.207 e. The van der Waals surface area contributed by atoms with Crippen LogP contribution in [0.1, 0.15) is 23.1 Å². The van der Waals surface area contributed by atoms with Gasteiger partial charge < -0.3 is 0 Å². The van der Waals surface area contributed by atoms with Gasteiger partial charge in [0, 0.05) is 10.9 Å². The molecule has 3 heteroatoms.